The van der Waals surface area contributed by atoms with E-state index in [9.17, 15) is 19.2 Å². The summed E-state index contributed by atoms with van der Waals surface area (Å²) < 4.78 is 6.22. The van der Waals surface area contributed by atoms with E-state index in [4.69, 9.17) is 4.99 Å². The Labute approximate surface area is 228 Å². The Kier molecular flexibility index (Phi) is 10.3. The smallest absolute Gasteiger partial charge is 0.407 e. The quantitative estimate of drug-likeness (QED) is 0.417. The molecule has 2 amide bonds. The van der Waals surface area contributed by atoms with Gasteiger partial charge < -0.3 is 19.5 Å². The van der Waals surface area contributed by atoms with Crippen LogP contribution in [0.15, 0.2) is 52.7 Å². The average molecular weight is 536 g/mol. The van der Waals surface area contributed by atoms with Gasteiger partial charge in [-0.05, 0) is 42.9 Å². The standard InChI is InChI=1S/C29H37N5O5/c1-19(2)13-21-16-30-17-22-14-23(31-27(21)22)18-34-12-8-9-20(28(34)37)15-25(35)24(32-29(38)39-5)10-6-7-11-26(36)33(3)4/h7-9,11-12,16-17,19,24H,6,10,13-15,18H2,1-5H3,(H,32,38)/b11-7+/t24-/m0/s1. The molecule has 0 aromatic carbocycles. The van der Waals surface area contributed by atoms with Crippen LogP contribution in [0.25, 0.3) is 0 Å². The van der Waals surface area contributed by atoms with Crippen molar-refractivity contribution in [1.29, 1.82) is 0 Å². The van der Waals surface area contributed by atoms with E-state index in [1.807, 2.05) is 12.4 Å². The zero-order valence-electron chi connectivity index (χ0n) is 23.3. The number of ketones is 1. The Morgan fingerprint density at radius 2 is 1.97 bits per heavy atom. The summed E-state index contributed by atoms with van der Waals surface area (Å²) in [6, 6.07) is 2.49. The number of hydrogen-bond donors (Lipinski definition) is 1. The number of rotatable bonds is 12. The number of fused-ring (bicyclic) bond motifs is 1. The summed E-state index contributed by atoms with van der Waals surface area (Å²) in [7, 11) is 4.50. The van der Waals surface area contributed by atoms with Crippen LogP contribution in [0.3, 0.4) is 0 Å². The Morgan fingerprint density at radius 1 is 1.21 bits per heavy atom. The molecule has 208 valence electrons. The van der Waals surface area contributed by atoms with Crippen LogP contribution in [-0.4, -0.2) is 65.2 Å². The van der Waals surface area contributed by atoms with Gasteiger partial charge in [-0.3, -0.25) is 24.4 Å². The molecule has 3 rings (SSSR count). The number of ether oxygens (including phenoxy) is 1. The van der Waals surface area contributed by atoms with Crippen molar-refractivity contribution in [1.82, 2.24) is 19.8 Å². The van der Waals surface area contributed by atoms with E-state index in [0.29, 0.717) is 30.9 Å². The highest BCUT2D eigenvalue weighted by molar-refractivity contribution is 5.94. The van der Waals surface area contributed by atoms with Gasteiger partial charge in [0.1, 0.15) is 0 Å². The molecular formula is C29H37N5O5. The second-order valence-electron chi connectivity index (χ2n) is 10.3. The maximum absolute atomic E-state index is 13.3. The summed E-state index contributed by atoms with van der Waals surface area (Å²) in [5, 5.41) is 2.55. The summed E-state index contributed by atoms with van der Waals surface area (Å²) >= 11 is 0. The number of carbonyl (C=O) groups is 3. The minimum Gasteiger partial charge on any atom is -0.453 e. The number of nitrogens with one attached hydrogen (secondary N) is 1. The predicted octanol–water partition coefficient (Wildman–Crippen LogP) is 3.03. The molecule has 0 aliphatic carbocycles. The van der Waals surface area contributed by atoms with E-state index < -0.39 is 12.1 Å². The lowest BCUT2D eigenvalue weighted by molar-refractivity contribution is -0.123. The first-order valence-electron chi connectivity index (χ1n) is 13.0. The number of aromatic nitrogens is 2. The van der Waals surface area contributed by atoms with E-state index in [1.54, 1.807) is 43.1 Å². The fourth-order valence-electron chi connectivity index (χ4n) is 4.38. The lowest BCUT2D eigenvalue weighted by Crippen LogP contribution is -2.42. The van der Waals surface area contributed by atoms with Crippen molar-refractivity contribution in [2.45, 2.75) is 58.5 Å². The Morgan fingerprint density at radius 3 is 2.67 bits per heavy atom. The number of pyridine rings is 2. The second-order valence-corrected chi connectivity index (χ2v) is 10.3. The number of aliphatic imine (C=N–C) groups is 1. The number of Topliss-reactive ketones (excluding diaryl/α,β-unsaturated/α-hetero) is 1. The van der Waals surface area contributed by atoms with Crippen LogP contribution in [-0.2, 0) is 40.1 Å². The molecule has 0 fully saturated rings. The molecular weight excluding hydrogens is 498 g/mol. The van der Waals surface area contributed by atoms with Crippen LogP contribution in [0.2, 0.25) is 0 Å². The summed E-state index contributed by atoms with van der Waals surface area (Å²) in [6.07, 6.45) is 9.70. The minimum absolute atomic E-state index is 0.149. The first-order chi connectivity index (χ1) is 18.6. The molecule has 39 heavy (non-hydrogen) atoms. The SMILES string of the molecule is COC(=O)N[C@@H](CC/C=C/C(=O)N(C)C)C(=O)Cc1cccn(CC2=Nc3c(cncc3CC(C)C)C2)c1=O. The van der Waals surface area contributed by atoms with Crippen molar-refractivity contribution in [2.24, 2.45) is 10.9 Å². The number of carbonyl (C=O) groups excluding carboxylic acids is 3. The number of hydrogen-bond acceptors (Lipinski definition) is 7. The van der Waals surface area contributed by atoms with Gasteiger partial charge in [0.05, 0.1) is 25.4 Å². The molecule has 0 spiro atoms. The third-order valence-electron chi connectivity index (χ3n) is 6.37. The fourth-order valence-corrected chi connectivity index (χ4v) is 4.38. The molecule has 0 radical (unpaired) electrons. The Hall–Kier alpha value is -4.08. The zero-order valence-corrected chi connectivity index (χ0v) is 23.3. The first-order valence-corrected chi connectivity index (χ1v) is 13.0. The highest BCUT2D eigenvalue weighted by Crippen LogP contribution is 2.31. The molecule has 0 bridgehead atoms. The fraction of sp³-hybridized carbons (Fsp3) is 0.448. The minimum atomic E-state index is -0.870. The maximum atomic E-state index is 13.3. The van der Waals surface area contributed by atoms with Crippen LogP contribution < -0.4 is 10.9 Å². The maximum Gasteiger partial charge on any atom is 0.407 e. The van der Waals surface area contributed by atoms with E-state index in [1.165, 1.54) is 18.1 Å². The van der Waals surface area contributed by atoms with Gasteiger partial charge in [-0.1, -0.05) is 26.0 Å². The van der Waals surface area contributed by atoms with Gasteiger partial charge in [0.15, 0.2) is 5.78 Å². The third-order valence-corrected chi connectivity index (χ3v) is 6.37. The lowest BCUT2D eigenvalue weighted by Gasteiger charge is -2.16. The number of methoxy groups -OCH3 is 1. The zero-order chi connectivity index (χ0) is 28.5. The van der Waals surface area contributed by atoms with Crippen LogP contribution in [0, 0.1) is 5.92 Å². The number of allylic oxidation sites excluding steroid dienone is 1. The van der Waals surface area contributed by atoms with Gasteiger partial charge in [0, 0.05) is 62.4 Å². The highest BCUT2D eigenvalue weighted by Gasteiger charge is 2.23. The third kappa shape index (κ3) is 8.20. The number of likely N-dealkylation sites (N-methyl/N-ethyl adjacent to an activating group) is 1. The molecule has 1 N–H and O–H groups in total. The summed E-state index contributed by atoms with van der Waals surface area (Å²) in [4.78, 5) is 60.6. The topological polar surface area (TPSA) is 123 Å². The number of alkyl carbamates (subject to hydrolysis) is 1. The normalized spacial score (nSPS) is 13.2. The predicted molar refractivity (Wildman–Crippen MR) is 149 cm³/mol. The van der Waals surface area contributed by atoms with Gasteiger partial charge in [-0.2, -0.15) is 0 Å². The molecule has 10 heteroatoms. The van der Waals surface area contributed by atoms with Crippen molar-refractivity contribution >= 4 is 29.2 Å². The van der Waals surface area contributed by atoms with Crippen LogP contribution in [0.1, 0.15) is 43.4 Å². The molecule has 0 saturated carbocycles. The largest absolute Gasteiger partial charge is 0.453 e. The van der Waals surface area contributed by atoms with E-state index in [2.05, 4.69) is 28.9 Å². The van der Waals surface area contributed by atoms with Crippen molar-refractivity contribution in [3.8, 4) is 0 Å². The number of amides is 2. The monoisotopic (exact) mass is 535 g/mol. The van der Waals surface area contributed by atoms with Gasteiger partial charge >= 0.3 is 6.09 Å². The van der Waals surface area contributed by atoms with Gasteiger partial charge in [0.2, 0.25) is 5.91 Å². The molecule has 10 nitrogen and oxygen atoms in total. The van der Waals surface area contributed by atoms with Crippen LogP contribution in [0.5, 0.6) is 0 Å². The van der Waals surface area contributed by atoms with Gasteiger partial charge in [-0.15, -0.1) is 0 Å². The van der Waals surface area contributed by atoms with E-state index >= 15 is 0 Å². The lowest BCUT2D eigenvalue weighted by atomic mass is 10.0. The molecule has 0 unspecified atom stereocenters. The molecule has 2 aromatic heterocycles. The van der Waals surface area contributed by atoms with Crippen LogP contribution >= 0.6 is 0 Å². The van der Waals surface area contributed by atoms with Gasteiger partial charge in [-0.25, -0.2) is 4.79 Å². The number of nitrogens with zero attached hydrogens (tertiary/aromatic N) is 4. The van der Waals surface area contributed by atoms with Crippen molar-refractivity contribution < 1.29 is 19.1 Å². The molecule has 1 aliphatic rings. The summed E-state index contributed by atoms with van der Waals surface area (Å²) in [6.45, 7) is 4.62. The highest BCUT2D eigenvalue weighted by atomic mass is 16.5. The molecule has 2 aromatic rings. The van der Waals surface area contributed by atoms with Gasteiger partial charge in [0.25, 0.3) is 5.56 Å². The van der Waals surface area contributed by atoms with Crippen molar-refractivity contribution in [3.05, 3.63) is 69.9 Å². The second kappa shape index (κ2) is 13.6. The Balaban J connectivity index is 1.72. The average Bonchev–Trinajstić information content (AvgIpc) is 3.31. The van der Waals surface area contributed by atoms with E-state index in [0.717, 1.165) is 28.9 Å². The van der Waals surface area contributed by atoms with Crippen molar-refractivity contribution in [3.63, 3.8) is 0 Å². The van der Waals surface area contributed by atoms with E-state index in [-0.39, 0.29) is 30.1 Å². The molecule has 1 atom stereocenters. The summed E-state index contributed by atoms with van der Waals surface area (Å²) in [5.74, 6) is -0.0212. The molecule has 1 aliphatic heterocycles. The molecule has 0 saturated heterocycles. The Bertz CT molecular complexity index is 1330. The molecule has 3 heterocycles. The first kappa shape index (κ1) is 29.5. The van der Waals surface area contributed by atoms with Crippen molar-refractivity contribution in [2.75, 3.05) is 21.2 Å². The summed E-state index contributed by atoms with van der Waals surface area (Å²) in [5.41, 5.74) is 4.02. The van der Waals surface area contributed by atoms with Crippen LogP contribution in [0.4, 0.5) is 10.5 Å².